The molecule has 0 bridgehead atoms. The standard InChI is InChI=1S/C17H18N2O4/c1-22-15-7-5-12(6-8-15)9-10-23-16(20)13-3-2-4-14(11-13)19-17(18)21/h2-8,11H,9-10H2,1H3,(H3,18,19,21). The molecule has 0 aliphatic rings. The van der Waals surface area contributed by atoms with Crippen LogP contribution in [0, 0.1) is 0 Å². The molecule has 0 aliphatic heterocycles. The van der Waals surface area contributed by atoms with Gasteiger partial charge in [-0.05, 0) is 35.9 Å². The second kappa shape index (κ2) is 7.84. The largest absolute Gasteiger partial charge is 0.497 e. The smallest absolute Gasteiger partial charge is 0.338 e. The van der Waals surface area contributed by atoms with Crippen molar-refractivity contribution < 1.29 is 19.1 Å². The van der Waals surface area contributed by atoms with Gasteiger partial charge in [0, 0.05) is 12.1 Å². The summed E-state index contributed by atoms with van der Waals surface area (Å²) < 4.78 is 10.3. The molecule has 0 unspecified atom stereocenters. The van der Waals surface area contributed by atoms with Crippen LogP contribution in [0.3, 0.4) is 0 Å². The zero-order valence-corrected chi connectivity index (χ0v) is 12.7. The molecular weight excluding hydrogens is 296 g/mol. The SMILES string of the molecule is COc1ccc(CCOC(=O)c2cccc(NC(N)=O)c2)cc1. The Kier molecular flexibility index (Phi) is 5.57. The van der Waals surface area contributed by atoms with E-state index in [1.807, 2.05) is 24.3 Å². The first-order chi connectivity index (χ1) is 11.1. The van der Waals surface area contributed by atoms with Gasteiger partial charge in [-0.1, -0.05) is 18.2 Å². The number of nitrogens with one attached hydrogen (secondary N) is 1. The Bertz CT molecular complexity index is 683. The van der Waals surface area contributed by atoms with Gasteiger partial charge >= 0.3 is 12.0 Å². The predicted octanol–water partition coefficient (Wildman–Crippen LogP) is 2.59. The minimum absolute atomic E-state index is 0.263. The van der Waals surface area contributed by atoms with E-state index in [-0.39, 0.29) is 6.61 Å². The summed E-state index contributed by atoms with van der Waals surface area (Å²) in [6.07, 6.45) is 0.606. The number of nitrogens with two attached hydrogens (primary N) is 1. The van der Waals surface area contributed by atoms with E-state index in [1.165, 1.54) is 6.07 Å². The number of anilines is 1. The third kappa shape index (κ3) is 5.03. The van der Waals surface area contributed by atoms with E-state index in [2.05, 4.69) is 5.32 Å². The number of carbonyl (C=O) groups is 2. The average Bonchev–Trinajstić information content (AvgIpc) is 2.55. The molecule has 2 aromatic rings. The summed E-state index contributed by atoms with van der Waals surface area (Å²) in [4.78, 5) is 22.8. The fourth-order valence-electron chi connectivity index (χ4n) is 2.00. The summed E-state index contributed by atoms with van der Waals surface area (Å²) >= 11 is 0. The van der Waals surface area contributed by atoms with E-state index in [0.29, 0.717) is 17.7 Å². The summed E-state index contributed by atoms with van der Waals surface area (Å²) in [6.45, 7) is 0.263. The normalized spacial score (nSPS) is 9.96. The number of rotatable bonds is 6. The second-order valence-electron chi connectivity index (χ2n) is 4.80. The highest BCUT2D eigenvalue weighted by atomic mass is 16.5. The number of carbonyl (C=O) groups excluding carboxylic acids is 2. The number of urea groups is 1. The van der Waals surface area contributed by atoms with Crippen LogP contribution in [0.1, 0.15) is 15.9 Å². The lowest BCUT2D eigenvalue weighted by molar-refractivity contribution is 0.0509. The van der Waals surface area contributed by atoms with E-state index < -0.39 is 12.0 Å². The van der Waals surface area contributed by atoms with E-state index >= 15 is 0 Å². The first-order valence-electron chi connectivity index (χ1n) is 7.05. The van der Waals surface area contributed by atoms with Crippen molar-refractivity contribution in [2.45, 2.75) is 6.42 Å². The Balaban J connectivity index is 1.87. The van der Waals surface area contributed by atoms with Gasteiger partial charge in [0.25, 0.3) is 0 Å². The van der Waals surface area contributed by atoms with Crippen LogP contribution in [0.2, 0.25) is 0 Å². The molecule has 2 amide bonds. The third-order valence-electron chi connectivity index (χ3n) is 3.15. The van der Waals surface area contributed by atoms with Gasteiger partial charge in [0.2, 0.25) is 0 Å². The van der Waals surface area contributed by atoms with Crippen molar-refractivity contribution in [3.05, 3.63) is 59.7 Å². The fourth-order valence-corrected chi connectivity index (χ4v) is 2.00. The molecule has 6 heteroatoms. The van der Waals surface area contributed by atoms with Crippen LogP contribution < -0.4 is 15.8 Å². The van der Waals surface area contributed by atoms with E-state index in [9.17, 15) is 9.59 Å². The number of ether oxygens (including phenoxy) is 2. The summed E-state index contributed by atoms with van der Waals surface area (Å²) in [5.41, 5.74) is 6.88. The molecule has 6 nitrogen and oxygen atoms in total. The van der Waals surface area contributed by atoms with Crippen molar-refractivity contribution in [3.63, 3.8) is 0 Å². The van der Waals surface area contributed by atoms with E-state index in [4.69, 9.17) is 15.2 Å². The van der Waals surface area contributed by atoms with Gasteiger partial charge < -0.3 is 20.5 Å². The molecule has 2 rings (SSSR count). The van der Waals surface area contributed by atoms with Crippen LogP contribution in [0.4, 0.5) is 10.5 Å². The van der Waals surface area contributed by atoms with Gasteiger partial charge in [0.05, 0.1) is 19.3 Å². The summed E-state index contributed by atoms with van der Waals surface area (Å²) in [7, 11) is 1.61. The summed E-state index contributed by atoms with van der Waals surface area (Å²) in [5, 5.41) is 2.41. The molecule has 2 aromatic carbocycles. The lowest BCUT2D eigenvalue weighted by Gasteiger charge is -2.07. The topological polar surface area (TPSA) is 90.7 Å². The molecule has 3 N–H and O–H groups in total. The summed E-state index contributed by atoms with van der Waals surface area (Å²) in [5.74, 6) is 0.330. The van der Waals surface area contributed by atoms with Crippen LogP contribution in [0.15, 0.2) is 48.5 Å². The first-order valence-corrected chi connectivity index (χ1v) is 7.05. The number of primary amides is 1. The molecule has 0 aromatic heterocycles. The number of esters is 1. The molecule has 23 heavy (non-hydrogen) atoms. The van der Waals surface area contributed by atoms with Crippen LogP contribution in [-0.4, -0.2) is 25.7 Å². The number of methoxy groups -OCH3 is 1. The van der Waals surface area contributed by atoms with Gasteiger partial charge in [-0.3, -0.25) is 0 Å². The van der Waals surface area contributed by atoms with Crippen molar-refractivity contribution in [1.82, 2.24) is 0 Å². The molecule has 0 heterocycles. The number of hydrogen-bond donors (Lipinski definition) is 2. The Hall–Kier alpha value is -3.02. The van der Waals surface area contributed by atoms with Crippen molar-refractivity contribution in [3.8, 4) is 5.75 Å². The lowest BCUT2D eigenvalue weighted by atomic mass is 10.1. The zero-order chi connectivity index (χ0) is 16.7. The van der Waals surface area contributed by atoms with Crippen LogP contribution in [0.5, 0.6) is 5.75 Å². The monoisotopic (exact) mass is 314 g/mol. The second-order valence-corrected chi connectivity index (χ2v) is 4.80. The Morgan fingerprint density at radius 3 is 2.52 bits per heavy atom. The number of hydrogen-bond acceptors (Lipinski definition) is 4. The molecule has 0 saturated heterocycles. The van der Waals surface area contributed by atoms with Crippen molar-refractivity contribution in [2.24, 2.45) is 5.73 Å². The van der Waals surface area contributed by atoms with Crippen molar-refractivity contribution >= 4 is 17.7 Å². The Morgan fingerprint density at radius 2 is 1.87 bits per heavy atom. The highest BCUT2D eigenvalue weighted by Gasteiger charge is 2.08. The molecule has 0 saturated carbocycles. The minimum atomic E-state index is -0.685. The quantitative estimate of drug-likeness (QED) is 0.802. The zero-order valence-electron chi connectivity index (χ0n) is 12.7. The third-order valence-corrected chi connectivity index (χ3v) is 3.15. The molecular formula is C17H18N2O4. The van der Waals surface area contributed by atoms with Crippen molar-refractivity contribution in [1.29, 1.82) is 0 Å². The van der Waals surface area contributed by atoms with Crippen molar-refractivity contribution in [2.75, 3.05) is 19.0 Å². The maximum Gasteiger partial charge on any atom is 0.338 e. The average molecular weight is 314 g/mol. The van der Waals surface area contributed by atoms with E-state index in [0.717, 1.165) is 11.3 Å². The number of benzene rings is 2. The Morgan fingerprint density at radius 1 is 1.13 bits per heavy atom. The molecule has 120 valence electrons. The highest BCUT2D eigenvalue weighted by molar-refractivity contribution is 5.93. The van der Waals surface area contributed by atoms with Crippen LogP contribution in [-0.2, 0) is 11.2 Å². The van der Waals surface area contributed by atoms with Gasteiger partial charge in [0.1, 0.15) is 5.75 Å². The van der Waals surface area contributed by atoms with Gasteiger partial charge in [-0.15, -0.1) is 0 Å². The predicted molar refractivity (Wildman–Crippen MR) is 86.6 cm³/mol. The molecule has 0 aliphatic carbocycles. The Labute approximate surface area is 134 Å². The van der Waals surface area contributed by atoms with E-state index in [1.54, 1.807) is 25.3 Å². The minimum Gasteiger partial charge on any atom is -0.497 e. The molecule has 0 atom stereocenters. The maximum atomic E-state index is 12.0. The molecule has 0 fully saturated rings. The highest BCUT2D eigenvalue weighted by Crippen LogP contribution is 2.13. The molecule has 0 spiro atoms. The maximum absolute atomic E-state index is 12.0. The first kappa shape index (κ1) is 16.4. The van der Waals surface area contributed by atoms with Gasteiger partial charge in [0.15, 0.2) is 0 Å². The van der Waals surface area contributed by atoms with Crippen LogP contribution >= 0.6 is 0 Å². The number of amides is 2. The lowest BCUT2D eigenvalue weighted by Crippen LogP contribution is -2.19. The van der Waals surface area contributed by atoms with Gasteiger partial charge in [-0.25, -0.2) is 9.59 Å². The fraction of sp³-hybridized carbons (Fsp3) is 0.176. The summed E-state index contributed by atoms with van der Waals surface area (Å²) in [6, 6.07) is 13.3. The van der Waals surface area contributed by atoms with Crippen LogP contribution in [0.25, 0.3) is 0 Å². The van der Waals surface area contributed by atoms with Gasteiger partial charge in [-0.2, -0.15) is 0 Å². The molecule has 0 radical (unpaired) electrons.